The first-order valence-electron chi connectivity index (χ1n) is 16.0. The summed E-state index contributed by atoms with van der Waals surface area (Å²) in [5.74, 6) is -4.09. The highest BCUT2D eigenvalue weighted by molar-refractivity contribution is 6.28. The Balaban J connectivity index is 2.05. The van der Waals surface area contributed by atoms with Crippen molar-refractivity contribution in [2.24, 2.45) is 0 Å². The second kappa shape index (κ2) is 13.8. The Bertz CT molecular complexity index is 2070. The summed E-state index contributed by atoms with van der Waals surface area (Å²) in [6.07, 6.45) is -0.179. The second-order valence-corrected chi connectivity index (χ2v) is 12.9. The molecule has 10 heteroatoms. The summed E-state index contributed by atoms with van der Waals surface area (Å²) < 4.78 is 0. The molecule has 0 fully saturated rings. The predicted octanol–water partition coefficient (Wildman–Crippen LogP) is 5.31. The molecular weight excluding hydrogens is 653 g/mol. The maximum atomic E-state index is 13.6. The van der Waals surface area contributed by atoms with Gasteiger partial charge in [-0.05, 0) is 85.0 Å². The van der Waals surface area contributed by atoms with Crippen molar-refractivity contribution in [3.8, 4) is 0 Å². The van der Waals surface area contributed by atoms with Crippen LogP contribution in [0, 0.1) is 0 Å². The molecule has 50 heavy (non-hydrogen) atoms. The summed E-state index contributed by atoms with van der Waals surface area (Å²) in [5.41, 5.74) is 0.323. The quantitative estimate of drug-likeness (QED) is 0.0738. The first-order valence-corrected chi connectivity index (χ1v) is 16.5. The van der Waals surface area contributed by atoms with Gasteiger partial charge in [0, 0.05) is 24.9 Å². The van der Waals surface area contributed by atoms with Crippen LogP contribution in [0.2, 0.25) is 0 Å². The zero-order valence-electron chi connectivity index (χ0n) is 26.8. The third-order valence-corrected chi connectivity index (χ3v) is 10.1. The maximum Gasteiger partial charge on any atom is 0.336 e. The molecule has 0 aliphatic heterocycles. The van der Waals surface area contributed by atoms with E-state index in [2.05, 4.69) is 10.2 Å². The van der Waals surface area contributed by atoms with Gasteiger partial charge >= 0.3 is 17.9 Å². The molecule has 0 atom stereocenters. The Morgan fingerprint density at radius 2 is 0.740 bits per heavy atom. The lowest BCUT2D eigenvalue weighted by molar-refractivity contribution is 0.0685. The van der Waals surface area contributed by atoms with Crippen LogP contribution in [0.4, 0.5) is 0 Å². The van der Waals surface area contributed by atoms with Crippen LogP contribution in [0.1, 0.15) is 64.5 Å². The minimum Gasteiger partial charge on any atom is -0.478 e. The van der Waals surface area contributed by atoms with E-state index in [-0.39, 0.29) is 69.3 Å². The van der Waals surface area contributed by atoms with E-state index >= 15 is 0 Å². The molecule has 0 saturated carbocycles. The Kier molecular flexibility index (Phi) is 9.55. The normalized spacial score (nSPS) is 11.8. The highest BCUT2D eigenvalue weighted by Gasteiger charge is 2.45. The van der Waals surface area contributed by atoms with E-state index in [0.29, 0.717) is 32.3 Å². The van der Waals surface area contributed by atoms with Crippen LogP contribution in [-0.2, 0) is 24.3 Å². The molecule has 6 rings (SSSR count). The summed E-state index contributed by atoms with van der Waals surface area (Å²) >= 11 is 0. The summed E-state index contributed by atoms with van der Waals surface area (Å²) in [6.45, 7) is -1.17. The van der Waals surface area contributed by atoms with Crippen molar-refractivity contribution < 1.29 is 45.0 Å². The van der Waals surface area contributed by atoms with Gasteiger partial charge in [0.25, 0.3) is 0 Å². The molecule has 0 spiro atoms. The lowest BCUT2D eigenvalue weighted by Crippen LogP contribution is -2.38. The SMILES string of the molecule is O=C(O)c1c(CCO)cc2ccccc2c1C([Si])(c1c(C(=O)O)c(CCO)cc2ccccc12)c1c(C(=O)O)c(CCO)cc2ccccc12. The second-order valence-electron chi connectivity index (χ2n) is 12.1. The van der Waals surface area contributed by atoms with Crippen LogP contribution in [-0.4, -0.2) is 78.6 Å². The molecule has 0 aliphatic carbocycles. The first kappa shape index (κ1) is 34.5. The van der Waals surface area contributed by atoms with Crippen LogP contribution < -0.4 is 0 Å². The lowest BCUT2D eigenvalue weighted by Gasteiger charge is -2.39. The Hall–Kier alpha value is -5.39. The van der Waals surface area contributed by atoms with Crippen LogP contribution in [0.15, 0.2) is 91.0 Å². The molecular formula is C40H33O9Si. The number of carbonyl (C=O) groups is 3. The van der Waals surface area contributed by atoms with Crippen LogP contribution >= 0.6 is 0 Å². The van der Waals surface area contributed by atoms with Gasteiger partial charge in [-0.25, -0.2) is 14.4 Å². The highest BCUT2D eigenvalue weighted by atomic mass is 28.1. The van der Waals surface area contributed by atoms with Gasteiger partial charge in [-0.2, -0.15) is 0 Å². The largest absolute Gasteiger partial charge is 0.478 e. The average Bonchev–Trinajstić information content (AvgIpc) is 3.09. The number of rotatable bonds is 12. The fourth-order valence-electron chi connectivity index (χ4n) is 7.45. The number of benzene rings is 6. The van der Waals surface area contributed by atoms with Gasteiger partial charge in [0.05, 0.1) is 26.9 Å². The number of aliphatic hydroxyl groups is 3. The van der Waals surface area contributed by atoms with Gasteiger partial charge in [0.15, 0.2) is 0 Å². The van der Waals surface area contributed by atoms with Gasteiger partial charge in [0.2, 0.25) is 0 Å². The molecule has 9 nitrogen and oxygen atoms in total. The smallest absolute Gasteiger partial charge is 0.336 e. The zero-order chi connectivity index (χ0) is 35.7. The number of fused-ring (bicyclic) bond motifs is 3. The minimum absolute atomic E-state index is 0.0596. The Morgan fingerprint density at radius 3 is 0.980 bits per heavy atom. The molecule has 0 unspecified atom stereocenters. The van der Waals surface area contributed by atoms with Crippen molar-refractivity contribution in [1.29, 1.82) is 0 Å². The van der Waals surface area contributed by atoms with Crippen molar-refractivity contribution in [2.75, 3.05) is 19.8 Å². The number of carboxylic acid groups (broad SMARTS) is 3. The summed E-state index contributed by atoms with van der Waals surface area (Å²) in [5, 5.41) is 64.5. The Morgan fingerprint density at radius 1 is 0.480 bits per heavy atom. The third kappa shape index (κ3) is 5.62. The zero-order valence-corrected chi connectivity index (χ0v) is 27.8. The van der Waals surface area contributed by atoms with Crippen molar-refractivity contribution >= 4 is 60.5 Å². The van der Waals surface area contributed by atoms with Crippen LogP contribution in [0.5, 0.6) is 0 Å². The molecule has 6 aromatic carbocycles. The molecule has 0 aliphatic rings. The molecule has 0 saturated heterocycles. The van der Waals surface area contributed by atoms with Gasteiger partial charge in [-0.15, -0.1) is 0 Å². The molecule has 251 valence electrons. The molecule has 6 aromatic rings. The number of aliphatic hydroxyl groups excluding tert-OH is 3. The summed E-state index contributed by atoms with van der Waals surface area (Å²) in [7, 11) is 4.10. The molecule has 0 bridgehead atoms. The van der Waals surface area contributed by atoms with E-state index in [1.54, 1.807) is 91.0 Å². The van der Waals surface area contributed by atoms with E-state index in [9.17, 15) is 45.0 Å². The standard InChI is InChI=1S/C40H33O9Si/c41-16-13-25-19-22-7-1-4-10-28(22)34(31(25)37(44)45)40(50,35-29-11-5-2-8-23(29)20-26(14-17-42)32(35)38(46)47)36-30-12-6-3-9-24(30)21-27(15-18-43)33(36)39(48)49/h1-12,19-21,41-43H,13-18H2,(H,44,45)(H,46,47)(H,48,49). The molecule has 0 aromatic heterocycles. The van der Waals surface area contributed by atoms with Crippen molar-refractivity contribution in [1.82, 2.24) is 0 Å². The number of carboxylic acids is 3. The maximum absolute atomic E-state index is 13.6. The molecule has 0 heterocycles. The Labute approximate surface area is 290 Å². The van der Waals surface area contributed by atoms with Crippen molar-refractivity contribution in [3.05, 3.63) is 141 Å². The molecule has 0 amide bonds. The molecule has 6 N–H and O–H groups in total. The molecule has 3 radical (unpaired) electrons. The van der Waals surface area contributed by atoms with E-state index in [4.69, 9.17) is 0 Å². The highest BCUT2D eigenvalue weighted by Crippen LogP contribution is 2.51. The fourth-order valence-corrected chi connectivity index (χ4v) is 8.23. The van der Waals surface area contributed by atoms with Crippen molar-refractivity contribution in [2.45, 2.75) is 24.3 Å². The fraction of sp³-hybridized carbons (Fsp3) is 0.175. The van der Waals surface area contributed by atoms with Gasteiger partial charge < -0.3 is 30.6 Å². The lowest BCUT2D eigenvalue weighted by atomic mass is 9.70. The predicted molar refractivity (Wildman–Crippen MR) is 191 cm³/mol. The van der Waals surface area contributed by atoms with E-state index in [1.165, 1.54) is 0 Å². The van der Waals surface area contributed by atoms with Crippen LogP contribution in [0.3, 0.4) is 0 Å². The van der Waals surface area contributed by atoms with Gasteiger partial charge in [-0.3, -0.25) is 0 Å². The van der Waals surface area contributed by atoms with Crippen LogP contribution in [0.25, 0.3) is 32.3 Å². The summed E-state index contributed by atoms with van der Waals surface area (Å²) in [4.78, 5) is 40.7. The number of hydrogen-bond acceptors (Lipinski definition) is 6. The van der Waals surface area contributed by atoms with E-state index < -0.39 is 42.8 Å². The number of aromatic carboxylic acids is 3. The average molecular weight is 686 g/mol. The minimum atomic E-state index is -2.03. The van der Waals surface area contributed by atoms with Gasteiger partial charge in [-0.1, -0.05) is 91.0 Å². The topological polar surface area (TPSA) is 173 Å². The van der Waals surface area contributed by atoms with Gasteiger partial charge in [0.1, 0.15) is 0 Å². The van der Waals surface area contributed by atoms with Crippen molar-refractivity contribution in [3.63, 3.8) is 0 Å². The summed E-state index contributed by atoms with van der Waals surface area (Å²) in [6, 6.07) is 25.9. The third-order valence-electron chi connectivity index (χ3n) is 9.30. The monoisotopic (exact) mass is 685 g/mol. The van der Waals surface area contributed by atoms with E-state index in [0.717, 1.165) is 0 Å². The first-order chi connectivity index (χ1) is 24.1. The van der Waals surface area contributed by atoms with E-state index in [1.807, 2.05) is 0 Å². The number of hydrogen-bond donors (Lipinski definition) is 6.